The predicted octanol–water partition coefficient (Wildman–Crippen LogP) is 1.70. The molecule has 7 nitrogen and oxygen atoms in total. The lowest BCUT2D eigenvalue weighted by Gasteiger charge is -2.25. The summed E-state index contributed by atoms with van der Waals surface area (Å²) in [4.78, 5) is 48.6. The van der Waals surface area contributed by atoms with E-state index in [1.165, 1.54) is 6.92 Å². The van der Waals surface area contributed by atoms with E-state index in [0.29, 0.717) is 31.3 Å². The molecule has 0 radical (unpaired) electrons. The highest BCUT2D eigenvalue weighted by atomic mass is 32.2. The van der Waals surface area contributed by atoms with Gasteiger partial charge in [0.1, 0.15) is 18.4 Å². The minimum absolute atomic E-state index is 0.148. The van der Waals surface area contributed by atoms with Crippen molar-refractivity contribution in [3.63, 3.8) is 0 Å². The number of amides is 3. The number of carbonyl (C=O) groups excluding carboxylic acids is 4. The Bertz CT molecular complexity index is 697. The normalized spacial score (nSPS) is 13.8. The topological polar surface area (TPSA) is 104 Å². The smallest absolute Gasteiger partial charge is 0.243 e. The van der Waals surface area contributed by atoms with E-state index in [1.807, 2.05) is 50.4 Å². The van der Waals surface area contributed by atoms with Crippen LogP contribution in [0.1, 0.15) is 39.2 Å². The van der Waals surface area contributed by atoms with Crippen LogP contribution in [0.2, 0.25) is 0 Å². The fraction of sp³-hybridized carbons (Fsp3) is 0.545. The second kappa shape index (κ2) is 13.8. The molecule has 0 aliphatic rings. The lowest BCUT2D eigenvalue weighted by Crippen LogP contribution is -2.55. The minimum Gasteiger partial charge on any atom is -0.345 e. The molecule has 8 heteroatoms. The first-order chi connectivity index (χ1) is 14.3. The minimum atomic E-state index is -0.790. The molecule has 1 aromatic rings. The number of thioether (sulfide) groups is 1. The number of hydrogen-bond acceptors (Lipinski definition) is 5. The zero-order valence-corrected chi connectivity index (χ0v) is 19.0. The molecule has 0 fully saturated rings. The van der Waals surface area contributed by atoms with E-state index < -0.39 is 29.9 Å². The van der Waals surface area contributed by atoms with Crippen molar-refractivity contribution in [2.24, 2.45) is 5.92 Å². The Labute approximate surface area is 183 Å². The zero-order chi connectivity index (χ0) is 22.5. The van der Waals surface area contributed by atoms with Gasteiger partial charge in [-0.15, -0.1) is 0 Å². The molecule has 0 aliphatic carbocycles. The lowest BCUT2D eigenvalue weighted by molar-refractivity contribution is -0.132. The van der Waals surface area contributed by atoms with E-state index in [-0.39, 0.29) is 11.8 Å². The van der Waals surface area contributed by atoms with Crippen molar-refractivity contribution >= 4 is 35.8 Å². The van der Waals surface area contributed by atoms with Crippen molar-refractivity contribution in [1.82, 2.24) is 16.0 Å². The fourth-order valence-electron chi connectivity index (χ4n) is 3.01. The van der Waals surface area contributed by atoms with Gasteiger partial charge < -0.3 is 20.7 Å². The monoisotopic (exact) mass is 435 g/mol. The summed E-state index contributed by atoms with van der Waals surface area (Å²) in [5, 5.41) is 8.15. The van der Waals surface area contributed by atoms with Crippen molar-refractivity contribution in [1.29, 1.82) is 0 Å². The Morgan fingerprint density at radius 1 is 1.00 bits per heavy atom. The maximum atomic E-state index is 12.9. The zero-order valence-electron chi connectivity index (χ0n) is 18.1. The van der Waals surface area contributed by atoms with Gasteiger partial charge in [0, 0.05) is 6.92 Å². The van der Waals surface area contributed by atoms with Gasteiger partial charge >= 0.3 is 0 Å². The van der Waals surface area contributed by atoms with E-state index >= 15 is 0 Å². The second-order valence-electron chi connectivity index (χ2n) is 7.67. The Morgan fingerprint density at radius 2 is 1.63 bits per heavy atom. The number of carbonyl (C=O) groups is 4. The van der Waals surface area contributed by atoms with E-state index in [1.54, 1.807) is 11.8 Å². The third-order valence-electron chi connectivity index (χ3n) is 4.44. The Hall–Kier alpha value is -2.35. The number of benzene rings is 1. The number of hydrogen-bond donors (Lipinski definition) is 3. The molecular weight excluding hydrogens is 402 g/mol. The van der Waals surface area contributed by atoms with E-state index in [2.05, 4.69) is 16.0 Å². The molecule has 0 aromatic heterocycles. The summed E-state index contributed by atoms with van der Waals surface area (Å²) >= 11 is 1.57. The highest BCUT2D eigenvalue weighted by molar-refractivity contribution is 7.98. The van der Waals surface area contributed by atoms with Gasteiger partial charge in [-0.25, -0.2) is 0 Å². The first kappa shape index (κ1) is 25.7. The SMILES string of the molecule is CSCC[C@H](NC(C)=O)C(=O)N[C@@H](CC(C)C)C(=O)N[C@H](C=O)Cc1ccccc1. The quantitative estimate of drug-likeness (QED) is 0.409. The largest absolute Gasteiger partial charge is 0.345 e. The molecule has 1 rings (SSSR count). The second-order valence-corrected chi connectivity index (χ2v) is 8.65. The van der Waals surface area contributed by atoms with Crippen molar-refractivity contribution in [3.05, 3.63) is 35.9 Å². The molecule has 0 spiro atoms. The molecule has 0 aliphatic heterocycles. The summed E-state index contributed by atoms with van der Waals surface area (Å²) < 4.78 is 0. The van der Waals surface area contributed by atoms with Crippen LogP contribution in [0.3, 0.4) is 0 Å². The maximum absolute atomic E-state index is 12.9. The Kier molecular flexibility index (Phi) is 11.8. The molecule has 30 heavy (non-hydrogen) atoms. The highest BCUT2D eigenvalue weighted by Crippen LogP contribution is 2.09. The predicted molar refractivity (Wildman–Crippen MR) is 120 cm³/mol. The van der Waals surface area contributed by atoms with Gasteiger partial charge in [0.2, 0.25) is 17.7 Å². The summed E-state index contributed by atoms with van der Waals surface area (Å²) in [7, 11) is 0. The molecule has 0 saturated carbocycles. The van der Waals surface area contributed by atoms with Gasteiger partial charge in [0.15, 0.2) is 0 Å². The summed E-state index contributed by atoms with van der Waals surface area (Å²) in [5.74, 6) is -0.258. The molecule has 3 N–H and O–H groups in total. The number of nitrogens with one attached hydrogen (secondary N) is 3. The van der Waals surface area contributed by atoms with Crippen LogP contribution in [0.15, 0.2) is 30.3 Å². The van der Waals surface area contributed by atoms with Crippen LogP contribution < -0.4 is 16.0 Å². The van der Waals surface area contributed by atoms with E-state index in [9.17, 15) is 19.2 Å². The highest BCUT2D eigenvalue weighted by Gasteiger charge is 2.27. The first-order valence-electron chi connectivity index (χ1n) is 10.1. The molecule has 1 aromatic carbocycles. The van der Waals surface area contributed by atoms with Crippen LogP contribution in [0.25, 0.3) is 0 Å². The molecule has 3 atom stereocenters. The molecule has 0 heterocycles. The number of aldehydes is 1. The standard InChI is InChI=1S/C22H33N3O4S/c1-15(2)12-20(25-21(28)19(10-11-30-4)23-16(3)27)22(29)24-18(14-26)13-17-8-6-5-7-9-17/h5-9,14-15,18-20H,10-13H2,1-4H3,(H,23,27)(H,24,29)(H,25,28)/t18-,19-,20-/m0/s1. The lowest BCUT2D eigenvalue weighted by atomic mass is 10.0. The molecule has 166 valence electrons. The number of rotatable bonds is 13. The average molecular weight is 436 g/mol. The van der Waals surface area contributed by atoms with E-state index in [4.69, 9.17) is 0 Å². The summed E-state index contributed by atoms with van der Waals surface area (Å²) in [6, 6.07) is 7.22. The fourth-order valence-corrected chi connectivity index (χ4v) is 3.48. The van der Waals surface area contributed by atoms with Gasteiger partial charge in [-0.2, -0.15) is 11.8 Å². The van der Waals surface area contributed by atoms with Gasteiger partial charge in [0.05, 0.1) is 6.04 Å². The van der Waals surface area contributed by atoms with E-state index in [0.717, 1.165) is 5.56 Å². The molecule has 0 bridgehead atoms. The van der Waals surface area contributed by atoms with Crippen molar-refractivity contribution in [3.8, 4) is 0 Å². The molecule has 0 saturated heterocycles. The van der Waals surface area contributed by atoms with Crippen LogP contribution in [-0.2, 0) is 25.6 Å². The average Bonchev–Trinajstić information content (AvgIpc) is 2.70. The van der Waals surface area contributed by atoms with Crippen molar-refractivity contribution in [2.45, 2.75) is 58.2 Å². The summed E-state index contributed by atoms with van der Waals surface area (Å²) in [5.41, 5.74) is 0.933. The molecular formula is C22H33N3O4S. The Morgan fingerprint density at radius 3 is 2.17 bits per heavy atom. The van der Waals surface area contributed by atoms with Crippen LogP contribution in [0, 0.1) is 5.92 Å². The van der Waals surface area contributed by atoms with Crippen LogP contribution in [0.5, 0.6) is 0 Å². The van der Waals surface area contributed by atoms with Crippen molar-refractivity contribution in [2.75, 3.05) is 12.0 Å². The van der Waals surface area contributed by atoms with Gasteiger partial charge in [-0.1, -0.05) is 44.2 Å². The van der Waals surface area contributed by atoms with Crippen LogP contribution in [-0.4, -0.2) is 54.1 Å². The maximum Gasteiger partial charge on any atom is 0.243 e. The van der Waals surface area contributed by atoms with Crippen molar-refractivity contribution < 1.29 is 19.2 Å². The van der Waals surface area contributed by atoms with Crippen LogP contribution >= 0.6 is 11.8 Å². The Balaban J connectivity index is 2.84. The third-order valence-corrected chi connectivity index (χ3v) is 5.08. The van der Waals surface area contributed by atoms with Gasteiger partial charge in [-0.3, -0.25) is 14.4 Å². The third kappa shape index (κ3) is 9.91. The summed E-state index contributed by atoms with van der Waals surface area (Å²) in [6.07, 6.45) is 3.89. The molecule has 0 unspecified atom stereocenters. The first-order valence-corrected chi connectivity index (χ1v) is 11.5. The molecule has 3 amide bonds. The van der Waals surface area contributed by atoms with Gasteiger partial charge in [-0.05, 0) is 42.8 Å². The van der Waals surface area contributed by atoms with Gasteiger partial charge in [0.25, 0.3) is 0 Å². The van der Waals surface area contributed by atoms with Crippen LogP contribution in [0.4, 0.5) is 0 Å². The summed E-state index contributed by atoms with van der Waals surface area (Å²) in [6.45, 7) is 5.26.